The van der Waals surface area contributed by atoms with Crippen LogP contribution < -0.4 is 5.32 Å². The summed E-state index contributed by atoms with van der Waals surface area (Å²) in [5.41, 5.74) is -0.180. The highest BCUT2D eigenvalue weighted by Crippen LogP contribution is 2.13. The molecule has 6 nitrogen and oxygen atoms in total. The zero-order chi connectivity index (χ0) is 14.5. The van der Waals surface area contributed by atoms with Crippen molar-refractivity contribution in [3.05, 3.63) is 29.3 Å². The molecule has 0 aliphatic carbocycles. The number of nitrogens with one attached hydrogen (secondary N) is 1. The second kappa shape index (κ2) is 6.29. The van der Waals surface area contributed by atoms with Gasteiger partial charge < -0.3 is 10.1 Å². The number of carbonyl (C=O) groups excluding carboxylic acids is 2. The molecule has 0 aliphatic heterocycles. The van der Waals surface area contributed by atoms with E-state index >= 15 is 0 Å². The number of amides is 3. The van der Waals surface area contributed by atoms with Gasteiger partial charge in [0.1, 0.15) is 5.60 Å². The van der Waals surface area contributed by atoms with Crippen LogP contribution in [0.25, 0.3) is 0 Å². The molecule has 3 amide bonds. The summed E-state index contributed by atoms with van der Waals surface area (Å²) < 4.78 is 4.86. The molecule has 0 atom stereocenters. The Kier molecular flexibility index (Phi) is 5.00. The number of nitrogens with zero attached hydrogens (tertiary/aromatic N) is 2. The lowest BCUT2D eigenvalue weighted by Crippen LogP contribution is -2.21. The van der Waals surface area contributed by atoms with Crippen molar-refractivity contribution in [3.63, 3.8) is 0 Å². The number of rotatable bonds is 1. The lowest BCUT2D eigenvalue weighted by molar-refractivity contribution is 0.0591. The lowest BCUT2D eigenvalue weighted by atomic mass is 10.2. The summed E-state index contributed by atoms with van der Waals surface area (Å²) in [5, 5.41) is 9.31. The highest BCUT2D eigenvalue weighted by atomic mass is 35.5. The molecular weight excluding hydrogens is 270 g/mol. The molecule has 7 heteroatoms. The first kappa shape index (κ1) is 15.1. The number of urea groups is 1. The minimum atomic E-state index is -0.918. The van der Waals surface area contributed by atoms with Crippen LogP contribution in [0.1, 0.15) is 20.8 Å². The molecule has 0 bridgehead atoms. The molecule has 1 rings (SSSR count). The van der Waals surface area contributed by atoms with Gasteiger partial charge in [0.05, 0.1) is 0 Å². The number of benzene rings is 1. The van der Waals surface area contributed by atoms with E-state index < -0.39 is 17.7 Å². The van der Waals surface area contributed by atoms with E-state index in [9.17, 15) is 9.59 Å². The SMILES string of the molecule is CC(C)(C)OC(=O)N=NC(=O)Nc1ccc(Cl)cc1. The molecule has 0 aliphatic rings. The number of azo groups is 1. The first-order valence-electron chi connectivity index (χ1n) is 5.47. The average molecular weight is 284 g/mol. The van der Waals surface area contributed by atoms with Crippen LogP contribution in [0, 0.1) is 0 Å². The Balaban J connectivity index is 2.51. The van der Waals surface area contributed by atoms with Crippen LogP contribution in [0.3, 0.4) is 0 Å². The molecule has 0 saturated carbocycles. The quantitative estimate of drug-likeness (QED) is 0.782. The molecule has 0 heterocycles. The summed E-state index contributed by atoms with van der Waals surface area (Å²) in [7, 11) is 0. The Morgan fingerprint density at radius 3 is 2.26 bits per heavy atom. The average Bonchev–Trinajstić information content (AvgIpc) is 2.27. The van der Waals surface area contributed by atoms with E-state index in [1.807, 2.05) is 0 Å². The summed E-state index contributed by atoms with van der Waals surface area (Å²) in [6.07, 6.45) is -0.918. The highest BCUT2D eigenvalue weighted by molar-refractivity contribution is 6.30. The molecule has 0 saturated heterocycles. The fourth-order valence-electron chi connectivity index (χ4n) is 1.05. The minimum absolute atomic E-state index is 0.498. The predicted molar refractivity (Wildman–Crippen MR) is 71.6 cm³/mol. The molecule has 1 aromatic rings. The molecular formula is C12H14ClN3O3. The zero-order valence-corrected chi connectivity index (χ0v) is 11.6. The zero-order valence-electron chi connectivity index (χ0n) is 10.8. The van der Waals surface area contributed by atoms with Gasteiger partial charge in [-0.3, -0.25) is 0 Å². The van der Waals surface area contributed by atoms with E-state index in [0.717, 1.165) is 0 Å². The van der Waals surface area contributed by atoms with Crippen molar-refractivity contribution in [2.75, 3.05) is 5.32 Å². The van der Waals surface area contributed by atoms with Gasteiger partial charge >= 0.3 is 12.1 Å². The molecule has 0 unspecified atom stereocenters. The molecule has 1 N–H and O–H groups in total. The maximum Gasteiger partial charge on any atom is 0.453 e. The fourth-order valence-corrected chi connectivity index (χ4v) is 1.18. The number of carbonyl (C=O) groups is 2. The summed E-state index contributed by atoms with van der Waals surface area (Å²) in [4.78, 5) is 22.5. The van der Waals surface area contributed by atoms with Crippen molar-refractivity contribution in [1.29, 1.82) is 0 Å². The monoisotopic (exact) mass is 283 g/mol. The fraction of sp³-hybridized carbons (Fsp3) is 0.333. The predicted octanol–water partition coefficient (Wildman–Crippen LogP) is 4.26. The van der Waals surface area contributed by atoms with E-state index in [4.69, 9.17) is 16.3 Å². The molecule has 0 fully saturated rings. The van der Waals surface area contributed by atoms with Crippen molar-refractivity contribution in [3.8, 4) is 0 Å². The third-order valence-electron chi connectivity index (χ3n) is 1.71. The van der Waals surface area contributed by atoms with Gasteiger partial charge in [-0.1, -0.05) is 21.8 Å². The van der Waals surface area contributed by atoms with Crippen molar-refractivity contribution in [1.82, 2.24) is 0 Å². The minimum Gasteiger partial charge on any atom is -0.441 e. The summed E-state index contributed by atoms with van der Waals surface area (Å²) in [6, 6.07) is 5.66. The van der Waals surface area contributed by atoms with E-state index in [0.29, 0.717) is 10.7 Å². The molecule has 102 valence electrons. The van der Waals surface area contributed by atoms with Gasteiger partial charge in [0, 0.05) is 10.7 Å². The first-order valence-corrected chi connectivity index (χ1v) is 5.85. The van der Waals surface area contributed by atoms with Crippen LogP contribution >= 0.6 is 11.6 Å². The van der Waals surface area contributed by atoms with Gasteiger partial charge in [-0.2, -0.15) is 0 Å². The third-order valence-corrected chi connectivity index (χ3v) is 1.96. The normalized spacial score (nSPS) is 11.4. The van der Waals surface area contributed by atoms with Crippen LogP contribution in [0.5, 0.6) is 0 Å². The van der Waals surface area contributed by atoms with Crippen LogP contribution in [-0.4, -0.2) is 17.7 Å². The standard InChI is InChI=1S/C12H14ClN3O3/c1-12(2,3)19-11(18)16-15-10(17)14-9-6-4-8(13)5-7-9/h4-7H,1-3H3,(H,14,17). The summed E-state index contributed by atoms with van der Waals surface area (Å²) in [5.74, 6) is 0. The number of hydrogen-bond donors (Lipinski definition) is 1. The van der Waals surface area contributed by atoms with Crippen LogP contribution in [0.4, 0.5) is 15.3 Å². The second-order valence-corrected chi connectivity index (χ2v) is 5.05. The Bertz CT molecular complexity index is 492. The molecule has 0 radical (unpaired) electrons. The van der Waals surface area contributed by atoms with Gasteiger partial charge in [-0.15, -0.1) is 0 Å². The van der Waals surface area contributed by atoms with E-state index in [1.54, 1.807) is 45.0 Å². The van der Waals surface area contributed by atoms with E-state index in [2.05, 4.69) is 15.5 Å². The maximum atomic E-state index is 11.4. The van der Waals surface area contributed by atoms with Crippen LogP contribution in [0.2, 0.25) is 5.02 Å². The van der Waals surface area contributed by atoms with Gasteiger partial charge in [0.2, 0.25) is 0 Å². The van der Waals surface area contributed by atoms with Crippen LogP contribution in [-0.2, 0) is 4.74 Å². The third kappa shape index (κ3) is 6.52. The van der Waals surface area contributed by atoms with Gasteiger partial charge in [0.25, 0.3) is 0 Å². The number of ether oxygens (including phenoxy) is 1. The summed E-state index contributed by atoms with van der Waals surface area (Å²) >= 11 is 5.70. The maximum absolute atomic E-state index is 11.4. The van der Waals surface area contributed by atoms with Crippen LogP contribution in [0.15, 0.2) is 34.5 Å². The van der Waals surface area contributed by atoms with Gasteiger partial charge in [-0.25, -0.2) is 9.59 Å². The van der Waals surface area contributed by atoms with Crippen molar-refractivity contribution >= 4 is 29.4 Å². The van der Waals surface area contributed by atoms with Gasteiger partial charge in [0.15, 0.2) is 0 Å². The molecule has 19 heavy (non-hydrogen) atoms. The molecule has 0 aromatic heterocycles. The smallest absolute Gasteiger partial charge is 0.441 e. The van der Waals surface area contributed by atoms with E-state index in [-0.39, 0.29) is 0 Å². The van der Waals surface area contributed by atoms with Crippen molar-refractivity contribution in [2.24, 2.45) is 10.2 Å². The Morgan fingerprint density at radius 2 is 1.74 bits per heavy atom. The van der Waals surface area contributed by atoms with Crippen molar-refractivity contribution in [2.45, 2.75) is 26.4 Å². The first-order chi connectivity index (χ1) is 8.76. The lowest BCUT2D eigenvalue weighted by Gasteiger charge is -2.16. The number of halogens is 1. The Morgan fingerprint density at radius 1 is 1.16 bits per heavy atom. The number of hydrogen-bond acceptors (Lipinski definition) is 3. The highest BCUT2D eigenvalue weighted by Gasteiger charge is 2.15. The van der Waals surface area contributed by atoms with Crippen molar-refractivity contribution < 1.29 is 14.3 Å². The number of anilines is 1. The Hall–Kier alpha value is -1.95. The molecule has 1 aromatic carbocycles. The molecule has 0 spiro atoms. The second-order valence-electron chi connectivity index (χ2n) is 4.62. The topological polar surface area (TPSA) is 80.1 Å². The summed E-state index contributed by atoms with van der Waals surface area (Å²) in [6.45, 7) is 5.07. The Labute approximate surface area is 115 Å². The van der Waals surface area contributed by atoms with Gasteiger partial charge in [-0.05, 0) is 45.0 Å². The van der Waals surface area contributed by atoms with E-state index in [1.165, 1.54) is 0 Å². The largest absolute Gasteiger partial charge is 0.453 e.